The predicted octanol–water partition coefficient (Wildman–Crippen LogP) is 3.51. The van der Waals surface area contributed by atoms with Crippen molar-refractivity contribution >= 4 is 16.8 Å². The number of aryl methyl sites for hydroxylation is 1. The normalized spacial score (nSPS) is 12.1. The Balaban J connectivity index is 1.92. The Morgan fingerprint density at radius 2 is 1.93 bits per heavy atom. The Bertz CT molecular complexity index is 1150. The molecule has 0 aliphatic heterocycles. The number of nitrogens with one attached hydrogen (secondary N) is 1. The van der Waals surface area contributed by atoms with E-state index in [1.807, 2.05) is 72.4 Å². The molecule has 2 aromatic carbocycles. The summed E-state index contributed by atoms with van der Waals surface area (Å²) in [5.41, 5.74) is 4.90. The van der Waals surface area contributed by atoms with Crippen LogP contribution < -0.4 is 5.32 Å². The summed E-state index contributed by atoms with van der Waals surface area (Å²) in [6, 6.07) is 17.1. The monoisotopic (exact) mass is 386 g/mol. The summed E-state index contributed by atoms with van der Waals surface area (Å²) in [4.78, 5) is 17.3. The number of hydrogen-bond acceptors (Lipinski definition) is 4. The average molecular weight is 386 g/mol. The van der Waals surface area contributed by atoms with Crippen molar-refractivity contribution in [2.45, 2.75) is 19.9 Å². The number of fused-ring (bicyclic) bond motifs is 1. The number of aliphatic hydroxyl groups excluding tert-OH is 1. The molecule has 0 aliphatic carbocycles. The first kappa shape index (κ1) is 18.8. The van der Waals surface area contributed by atoms with Crippen LogP contribution in [-0.4, -0.2) is 38.4 Å². The Morgan fingerprint density at radius 1 is 1.14 bits per heavy atom. The lowest BCUT2D eigenvalue weighted by Crippen LogP contribution is -2.35. The fourth-order valence-corrected chi connectivity index (χ4v) is 3.22. The highest BCUT2D eigenvalue weighted by Crippen LogP contribution is 2.30. The van der Waals surface area contributed by atoms with Crippen molar-refractivity contribution in [1.82, 2.24) is 20.1 Å². The van der Waals surface area contributed by atoms with Crippen molar-refractivity contribution in [3.63, 3.8) is 0 Å². The number of carbonyl (C=O) groups excluding carboxylic acids is 1. The number of benzene rings is 2. The van der Waals surface area contributed by atoms with Gasteiger partial charge in [-0.15, -0.1) is 0 Å². The lowest BCUT2D eigenvalue weighted by atomic mass is 10.0. The second kappa shape index (κ2) is 7.85. The van der Waals surface area contributed by atoms with E-state index in [1.54, 1.807) is 13.1 Å². The number of rotatable bonds is 5. The van der Waals surface area contributed by atoms with Gasteiger partial charge in [-0.2, -0.15) is 5.10 Å². The molecule has 4 rings (SSSR count). The first-order chi connectivity index (χ1) is 14.1. The van der Waals surface area contributed by atoms with E-state index in [1.165, 1.54) is 0 Å². The molecule has 2 heterocycles. The molecule has 1 amide bonds. The van der Waals surface area contributed by atoms with Gasteiger partial charge in [0.05, 0.1) is 29.7 Å². The van der Waals surface area contributed by atoms with Crippen molar-refractivity contribution in [3.8, 4) is 16.9 Å². The number of nitrogens with zero attached hydrogens (tertiary/aromatic N) is 3. The summed E-state index contributed by atoms with van der Waals surface area (Å²) in [5.74, 6) is -0.248. The molecule has 0 radical (unpaired) electrons. The van der Waals surface area contributed by atoms with E-state index in [0.29, 0.717) is 5.56 Å². The molecule has 146 valence electrons. The minimum atomic E-state index is -0.335. The summed E-state index contributed by atoms with van der Waals surface area (Å²) >= 11 is 0. The van der Waals surface area contributed by atoms with Gasteiger partial charge in [0.2, 0.25) is 0 Å². The van der Waals surface area contributed by atoms with Crippen LogP contribution in [0.3, 0.4) is 0 Å². The Morgan fingerprint density at radius 3 is 2.62 bits per heavy atom. The van der Waals surface area contributed by atoms with Gasteiger partial charge in [0, 0.05) is 28.8 Å². The summed E-state index contributed by atoms with van der Waals surface area (Å²) in [5, 5.41) is 17.6. The van der Waals surface area contributed by atoms with Gasteiger partial charge in [-0.25, -0.2) is 4.68 Å². The highest BCUT2D eigenvalue weighted by atomic mass is 16.3. The number of pyridine rings is 1. The number of amides is 1. The first-order valence-electron chi connectivity index (χ1n) is 9.49. The van der Waals surface area contributed by atoms with E-state index < -0.39 is 0 Å². The van der Waals surface area contributed by atoms with E-state index in [0.717, 1.165) is 33.4 Å². The third kappa shape index (κ3) is 3.75. The molecule has 0 fully saturated rings. The molecule has 0 bridgehead atoms. The second-order valence-electron chi connectivity index (χ2n) is 7.13. The van der Waals surface area contributed by atoms with Gasteiger partial charge >= 0.3 is 0 Å². The largest absolute Gasteiger partial charge is 0.394 e. The molecular formula is C23H22N4O2. The fraction of sp³-hybridized carbons (Fsp3) is 0.174. The van der Waals surface area contributed by atoms with Crippen molar-refractivity contribution in [3.05, 3.63) is 78.1 Å². The smallest absolute Gasteiger partial charge is 0.251 e. The topological polar surface area (TPSA) is 80.0 Å². The minimum Gasteiger partial charge on any atom is -0.394 e. The number of hydrogen-bond donors (Lipinski definition) is 2. The zero-order valence-corrected chi connectivity index (χ0v) is 16.3. The highest BCUT2D eigenvalue weighted by Gasteiger charge is 2.17. The fourth-order valence-electron chi connectivity index (χ4n) is 3.22. The van der Waals surface area contributed by atoms with Gasteiger partial charge in [-0.1, -0.05) is 24.3 Å². The van der Waals surface area contributed by atoms with Gasteiger partial charge in [0.1, 0.15) is 0 Å². The van der Waals surface area contributed by atoms with Crippen molar-refractivity contribution < 1.29 is 9.90 Å². The van der Waals surface area contributed by atoms with Gasteiger partial charge in [0.15, 0.2) is 0 Å². The Kier molecular flexibility index (Phi) is 5.10. The van der Waals surface area contributed by atoms with Crippen molar-refractivity contribution in [1.29, 1.82) is 0 Å². The molecular weight excluding hydrogens is 364 g/mol. The van der Waals surface area contributed by atoms with E-state index in [2.05, 4.69) is 15.4 Å². The Labute approximate surface area is 168 Å². The van der Waals surface area contributed by atoms with Gasteiger partial charge in [0.25, 0.3) is 5.91 Å². The van der Waals surface area contributed by atoms with Gasteiger partial charge in [-0.05, 0) is 49.7 Å². The van der Waals surface area contributed by atoms with Crippen LogP contribution in [-0.2, 0) is 0 Å². The van der Waals surface area contributed by atoms with Crippen LogP contribution in [0, 0.1) is 6.92 Å². The molecule has 0 aliphatic rings. The third-order valence-electron chi connectivity index (χ3n) is 4.79. The standard InChI is InChI=1S/C23H22N4O2/c1-15-8-9-21(24-12-15)19-10-17(23(29)26-16(2)14-28)11-22-20(19)13-25-27(22)18-6-4-3-5-7-18/h3-13,16,28H,14H2,1-2H3,(H,26,29)/t16-/m0/s1. The lowest BCUT2D eigenvalue weighted by Gasteiger charge is -2.13. The van der Waals surface area contributed by atoms with Crippen LogP contribution in [0.25, 0.3) is 27.8 Å². The highest BCUT2D eigenvalue weighted by molar-refractivity contribution is 6.03. The molecule has 2 aromatic heterocycles. The van der Waals surface area contributed by atoms with Crippen LogP contribution in [0.4, 0.5) is 0 Å². The zero-order chi connectivity index (χ0) is 20.4. The van der Waals surface area contributed by atoms with Crippen LogP contribution in [0.1, 0.15) is 22.8 Å². The molecule has 0 unspecified atom stereocenters. The Hall–Kier alpha value is -3.51. The molecule has 2 N–H and O–H groups in total. The van der Waals surface area contributed by atoms with Gasteiger partial charge in [-0.3, -0.25) is 9.78 Å². The third-order valence-corrected chi connectivity index (χ3v) is 4.79. The number of aromatic nitrogens is 3. The van der Waals surface area contributed by atoms with E-state index in [-0.39, 0.29) is 18.6 Å². The lowest BCUT2D eigenvalue weighted by molar-refractivity contribution is 0.0922. The molecule has 29 heavy (non-hydrogen) atoms. The zero-order valence-electron chi connectivity index (χ0n) is 16.3. The predicted molar refractivity (Wildman–Crippen MR) is 113 cm³/mol. The quantitative estimate of drug-likeness (QED) is 0.550. The maximum Gasteiger partial charge on any atom is 0.251 e. The number of aliphatic hydroxyl groups is 1. The SMILES string of the molecule is Cc1ccc(-c2cc(C(=O)N[C@@H](C)CO)cc3c2cnn3-c2ccccc2)nc1. The molecule has 1 atom stereocenters. The molecule has 6 nitrogen and oxygen atoms in total. The molecule has 0 saturated heterocycles. The number of carbonyl (C=O) groups is 1. The minimum absolute atomic E-state index is 0.123. The van der Waals surface area contributed by atoms with Crippen LogP contribution in [0.5, 0.6) is 0 Å². The van der Waals surface area contributed by atoms with Crippen LogP contribution >= 0.6 is 0 Å². The van der Waals surface area contributed by atoms with E-state index >= 15 is 0 Å². The summed E-state index contributed by atoms with van der Waals surface area (Å²) in [6.07, 6.45) is 3.61. The average Bonchev–Trinajstić information content (AvgIpc) is 3.18. The molecule has 4 aromatic rings. The van der Waals surface area contributed by atoms with Crippen LogP contribution in [0.2, 0.25) is 0 Å². The summed E-state index contributed by atoms with van der Waals surface area (Å²) in [7, 11) is 0. The summed E-state index contributed by atoms with van der Waals surface area (Å²) in [6.45, 7) is 3.62. The van der Waals surface area contributed by atoms with E-state index in [9.17, 15) is 9.90 Å². The molecule has 6 heteroatoms. The second-order valence-corrected chi connectivity index (χ2v) is 7.13. The van der Waals surface area contributed by atoms with E-state index in [4.69, 9.17) is 0 Å². The van der Waals surface area contributed by atoms with Gasteiger partial charge < -0.3 is 10.4 Å². The molecule has 0 saturated carbocycles. The first-order valence-corrected chi connectivity index (χ1v) is 9.49. The number of para-hydroxylation sites is 1. The van der Waals surface area contributed by atoms with Crippen LogP contribution in [0.15, 0.2) is 67.0 Å². The van der Waals surface area contributed by atoms with Crippen molar-refractivity contribution in [2.24, 2.45) is 0 Å². The maximum absolute atomic E-state index is 12.8. The van der Waals surface area contributed by atoms with Crippen molar-refractivity contribution in [2.75, 3.05) is 6.61 Å². The molecule has 0 spiro atoms. The summed E-state index contributed by atoms with van der Waals surface area (Å²) < 4.78 is 1.82. The maximum atomic E-state index is 12.8.